The molecule has 2 heteroatoms. The number of fused-ring (bicyclic) bond motifs is 2. The van der Waals surface area contributed by atoms with Crippen LogP contribution in [0.1, 0.15) is 33.1 Å². The van der Waals surface area contributed by atoms with E-state index in [4.69, 9.17) is 10.5 Å². The molecular formula is C12H14N2. The molecule has 2 fully saturated rings. The monoisotopic (exact) mass is 186 g/mol. The normalized spacial score (nSPS) is 32.4. The van der Waals surface area contributed by atoms with Crippen molar-refractivity contribution >= 4 is 0 Å². The molecule has 2 nitrogen and oxygen atoms in total. The van der Waals surface area contributed by atoms with Crippen molar-refractivity contribution in [2.75, 3.05) is 0 Å². The van der Waals surface area contributed by atoms with Crippen molar-refractivity contribution in [2.24, 2.45) is 17.3 Å². The minimum Gasteiger partial charge on any atom is -0.192 e. The van der Waals surface area contributed by atoms with E-state index in [2.05, 4.69) is 26.0 Å². The maximum atomic E-state index is 8.92. The van der Waals surface area contributed by atoms with Crippen LogP contribution in [-0.2, 0) is 0 Å². The number of nitrogens with zero attached hydrogens (tertiary/aromatic N) is 2. The first-order chi connectivity index (χ1) is 6.61. The van der Waals surface area contributed by atoms with Gasteiger partial charge in [-0.25, -0.2) is 0 Å². The number of hydrogen-bond donors (Lipinski definition) is 0. The molecule has 2 bridgehead atoms. The van der Waals surface area contributed by atoms with Crippen molar-refractivity contribution in [3.8, 4) is 12.1 Å². The molecule has 0 N–H and O–H groups in total. The lowest BCUT2D eigenvalue weighted by molar-refractivity contribution is 0.287. The SMILES string of the molecule is CC1(C)C(=C(C#N)C#N)C2CCC1C2. The maximum Gasteiger partial charge on any atom is 0.129 e. The van der Waals surface area contributed by atoms with Gasteiger partial charge in [0.15, 0.2) is 0 Å². The number of rotatable bonds is 0. The van der Waals surface area contributed by atoms with E-state index in [9.17, 15) is 0 Å². The molecule has 14 heavy (non-hydrogen) atoms. The summed E-state index contributed by atoms with van der Waals surface area (Å²) in [6.45, 7) is 4.36. The van der Waals surface area contributed by atoms with E-state index in [1.54, 1.807) is 0 Å². The Kier molecular flexibility index (Phi) is 1.89. The average molecular weight is 186 g/mol. The van der Waals surface area contributed by atoms with Gasteiger partial charge >= 0.3 is 0 Å². The smallest absolute Gasteiger partial charge is 0.129 e. The first-order valence-corrected chi connectivity index (χ1v) is 5.16. The van der Waals surface area contributed by atoms with Crippen LogP contribution in [0.25, 0.3) is 0 Å². The Hall–Kier alpha value is -1.28. The molecule has 0 spiro atoms. The summed E-state index contributed by atoms with van der Waals surface area (Å²) in [5, 5.41) is 17.8. The van der Waals surface area contributed by atoms with E-state index < -0.39 is 0 Å². The Labute approximate surface area is 84.8 Å². The van der Waals surface area contributed by atoms with Gasteiger partial charge < -0.3 is 0 Å². The fourth-order valence-electron chi connectivity index (χ4n) is 3.32. The molecule has 2 aliphatic carbocycles. The molecule has 0 aromatic rings. The maximum absolute atomic E-state index is 8.92. The Morgan fingerprint density at radius 3 is 2.36 bits per heavy atom. The van der Waals surface area contributed by atoms with Crippen LogP contribution in [0.3, 0.4) is 0 Å². The van der Waals surface area contributed by atoms with Crippen LogP contribution in [0.15, 0.2) is 11.1 Å². The molecule has 0 saturated heterocycles. The van der Waals surface area contributed by atoms with E-state index in [-0.39, 0.29) is 5.41 Å². The molecule has 0 heterocycles. The lowest BCUT2D eigenvalue weighted by Gasteiger charge is -2.32. The third-order valence-corrected chi connectivity index (χ3v) is 4.05. The van der Waals surface area contributed by atoms with Gasteiger partial charge in [0.2, 0.25) is 0 Å². The lowest BCUT2D eigenvalue weighted by atomic mass is 9.71. The Morgan fingerprint density at radius 2 is 1.93 bits per heavy atom. The third-order valence-electron chi connectivity index (χ3n) is 4.05. The van der Waals surface area contributed by atoms with Crippen LogP contribution in [-0.4, -0.2) is 0 Å². The first-order valence-electron chi connectivity index (χ1n) is 5.16. The highest BCUT2D eigenvalue weighted by atomic mass is 14.5. The van der Waals surface area contributed by atoms with Crippen molar-refractivity contribution in [1.29, 1.82) is 10.5 Å². The highest BCUT2D eigenvalue weighted by molar-refractivity contribution is 5.46. The second kappa shape index (κ2) is 2.85. The van der Waals surface area contributed by atoms with Gasteiger partial charge in [0.25, 0.3) is 0 Å². The summed E-state index contributed by atoms with van der Waals surface area (Å²) in [6.07, 6.45) is 3.64. The van der Waals surface area contributed by atoms with E-state index in [0.29, 0.717) is 17.4 Å². The zero-order chi connectivity index (χ0) is 10.3. The highest BCUT2D eigenvalue weighted by Crippen LogP contribution is 2.59. The van der Waals surface area contributed by atoms with E-state index >= 15 is 0 Å². The highest BCUT2D eigenvalue weighted by Gasteiger charge is 2.50. The molecule has 0 radical (unpaired) electrons. The summed E-state index contributed by atoms with van der Waals surface area (Å²) in [4.78, 5) is 0. The van der Waals surface area contributed by atoms with Crippen molar-refractivity contribution in [2.45, 2.75) is 33.1 Å². The predicted molar refractivity (Wildman–Crippen MR) is 52.9 cm³/mol. The lowest BCUT2D eigenvalue weighted by Crippen LogP contribution is -2.23. The molecule has 2 unspecified atom stereocenters. The van der Waals surface area contributed by atoms with Crippen LogP contribution in [0.4, 0.5) is 0 Å². The molecule has 0 aromatic carbocycles. The second-order valence-corrected chi connectivity index (χ2v) is 4.94. The number of allylic oxidation sites excluding steroid dienone is 2. The molecule has 0 amide bonds. The van der Waals surface area contributed by atoms with E-state index in [1.165, 1.54) is 19.3 Å². The molecular weight excluding hydrogens is 172 g/mol. The molecule has 2 atom stereocenters. The van der Waals surface area contributed by atoms with Crippen LogP contribution in [0.5, 0.6) is 0 Å². The second-order valence-electron chi connectivity index (χ2n) is 4.94. The van der Waals surface area contributed by atoms with Crippen molar-refractivity contribution in [3.63, 3.8) is 0 Å². The summed E-state index contributed by atoms with van der Waals surface area (Å²) in [5.41, 5.74) is 1.60. The summed E-state index contributed by atoms with van der Waals surface area (Å²) in [5.74, 6) is 1.21. The van der Waals surface area contributed by atoms with Crippen LogP contribution < -0.4 is 0 Å². The molecule has 72 valence electrons. The molecule has 0 aromatic heterocycles. The van der Waals surface area contributed by atoms with Crippen molar-refractivity contribution < 1.29 is 0 Å². The topological polar surface area (TPSA) is 47.6 Å². The first kappa shape index (κ1) is 9.28. The average Bonchev–Trinajstić information content (AvgIpc) is 2.69. The van der Waals surface area contributed by atoms with Gasteiger partial charge in [-0.3, -0.25) is 0 Å². The third kappa shape index (κ3) is 1.01. The van der Waals surface area contributed by atoms with Gasteiger partial charge in [0.05, 0.1) is 0 Å². The van der Waals surface area contributed by atoms with E-state index in [0.717, 1.165) is 5.57 Å². The molecule has 2 rings (SSSR count). The quantitative estimate of drug-likeness (QED) is 0.546. The van der Waals surface area contributed by atoms with Crippen molar-refractivity contribution in [3.05, 3.63) is 11.1 Å². The Morgan fingerprint density at radius 1 is 1.29 bits per heavy atom. The zero-order valence-electron chi connectivity index (χ0n) is 8.67. The summed E-state index contributed by atoms with van der Waals surface area (Å²) in [7, 11) is 0. The summed E-state index contributed by atoms with van der Waals surface area (Å²) < 4.78 is 0. The molecule has 0 aliphatic heterocycles. The van der Waals surface area contributed by atoms with Crippen LogP contribution in [0.2, 0.25) is 0 Å². The summed E-state index contributed by atoms with van der Waals surface area (Å²) in [6, 6.07) is 4.11. The Balaban J connectivity index is 2.53. The van der Waals surface area contributed by atoms with Gasteiger partial charge in [-0.15, -0.1) is 0 Å². The van der Waals surface area contributed by atoms with Crippen LogP contribution >= 0.6 is 0 Å². The zero-order valence-corrected chi connectivity index (χ0v) is 8.67. The van der Waals surface area contributed by atoms with Gasteiger partial charge in [-0.2, -0.15) is 10.5 Å². The van der Waals surface area contributed by atoms with Gasteiger partial charge in [0.1, 0.15) is 17.7 Å². The van der Waals surface area contributed by atoms with Crippen molar-refractivity contribution in [1.82, 2.24) is 0 Å². The Bertz CT molecular complexity index is 360. The minimum absolute atomic E-state index is 0.0870. The fraction of sp³-hybridized carbons (Fsp3) is 0.667. The van der Waals surface area contributed by atoms with Gasteiger partial charge in [0, 0.05) is 0 Å². The van der Waals surface area contributed by atoms with Crippen LogP contribution in [0, 0.1) is 39.9 Å². The number of nitriles is 2. The minimum atomic E-state index is 0.0870. The molecule has 2 saturated carbocycles. The largest absolute Gasteiger partial charge is 0.192 e. The predicted octanol–water partition coefficient (Wildman–Crippen LogP) is 2.79. The summed E-state index contributed by atoms with van der Waals surface area (Å²) >= 11 is 0. The molecule has 2 aliphatic rings. The number of hydrogen-bond acceptors (Lipinski definition) is 2. The van der Waals surface area contributed by atoms with Gasteiger partial charge in [-0.05, 0) is 42.1 Å². The fourth-order valence-corrected chi connectivity index (χ4v) is 3.32. The van der Waals surface area contributed by atoms with Gasteiger partial charge in [-0.1, -0.05) is 13.8 Å². The standard InChI is InChI=1S/C12H14N2/c1-12(2)10-4-3-8(5-10)11(12)9(6-13)7-14/h8,10H,3-5H2,1-2H3. The van der Waals surface area contributed by atoms with E-state index in [1.807, 2.05) is 0 Å².